The van der Waals surface area contributed by atoms with Gasteiger partial charge in [0.1, 0.15) is 11.3 Å². The normalized spacial score (nSPS) is 21.5. The fourth-order valence-corrected chi connectivity index (χ4v) is 3.73. The van der Waals surface area contributed by atoms with E-state index in [1.807, 2.05) is 0 Å². The topological polar surface area (TPSA) is 74.3 Å². The summed E-state index contributed by atoms with van der Waals surface area (Å²) in [6.45, 7) is 11.8. The average molecular weight is 381 g/mol. The highest BCUT2D eigenvalue weighted by atomic mass is 31.2. The van der Waals surface area contributed by atoms with Crippen molar-refractivity contribution in [2.24, 2.45) is 0 Å². The summed E-state index contributed by atoms with van der Waals surface area (Å²) in [5.41, 5.74) is -2.75. The molecule has 0 aromatic carbocycles. The molecule has 0 aromatic rings. The van der Waals surface area contributed by atoms with Gasteiger partial charge in [-0.15, -0.1) is 0 Å². The Morgan fingerprint density at radius 1 is 1.32 bits per heavy atom. The van der Waals surface area contributed by atoms with Crippen LogP contribution in [-0.4, -0.2) is 48.2 Å². The minimum Gasteiger partial charge on any atom is -0.444 e. The van der Waals surface area contributed by atoms with Gasteiger partial charge in [0.25, 0.3) is 0 Å². The molecule has 0 radical (unpaired) electrons. The molecule has 0 aromatic heterocycles. The van der Waals surface area contributed by atoms with E-state index in [4.69, 9.17) is 18.5 Å². The van der Waals surface area contributed by atoms with Crippen molar-refractivity contribution in [1.82, 2.24) is 4.90 Å². The molecule has 25 heavy (non-hydrogen) atoms. The van der Waals surface area contributed by atoms with Crippen molar-refractivity contribution in [3.63, 3.8) is 0 Å². The molecule has 1 fully saturated rings. The molecule has 146 valence electrons. The Hall–Kier alpha value is -0.950. The second kappa shape index (κ2) is 8.16. The summed E-state index contributed by atoms with van der Waals surface area (Å²) >= 11 is 0. The lowest BCUT2D eigenvalue weighted by molar-refractivity contribution is -0.0610. The minimum absolute atomic E-state index is 0.0287. The second-order valence-electron chi connectivity index (χ2n) is 7.00. The van der Waals surface area contributed by atoms with E-state index in [-0.39, 0.29) is 19.8 Å². The Morgan fingerprint density at radius 2 is 1.84 bits per heavy atom. The number of rotatable bonds is 6. The predicted octanol–water partition coefficient (Wildman–Crippen LogP) is 4.44. The van der Waals surface area contributed by atoms with E-state index < -0.39 is 36.6 Å². The highest BCUT2D eigenvalue weighted by Crippen LogP contribution is 2.57. The molecule has 1 saturated heterocycles. The molecule has 1 atom stereocenters. The van der Waals surface area contributed by atoms with Crippen molar-refractivity contribution in [3.8, 4) is 0 Å². The van der Waals surface area contributed by atoms with Crippen molar-refractivity contribution in [2.45, 2.75) is 65.8 Å². The maximum atomic E-state index is 14.6. The third-order valence-electron chi connectivity index (χ3n) is 3.30. The predicted molar refractivity (Wildman–Crippen MR) is 91.9 cm³/mol. The fraction of sp³-hybridized carbons (Fsp3) is 0.812. The molecular weight excluding hydrogens is 352 g/mol. The molecular formula is C16H29FNO6P. The molecule has 9 heteroatoms. The lowest BCUT2D eigenvalue weighted by Gasteiger charge is -2.34. The first-order valence-corrected chi connectivity index (χ1v) is 9.84. The molecule has 0 bridgehead atoms. The van der Waals surface area contributed by atoms with Crippen LogP contribution in [0, 0.1) is 0 Å². The summed E-state index contributed by atoms with van der Waals surface area (Å²) in [7, 11) is -4.04. The molecule has 1 aliphatic heterocycles. The van der Waals surface area contributed by atoms with Gasteiger partial charge in [0.15, 0.2) is 0 Å². The van der Waals surface area contributed by atoms with Crippen LogP contribution >= 0.6 is 7.60 Å². The Kier molecular flexibility index (Phi) is 7.21. The standard InChI is InChI=1S/C16H29FNO6P/c1-8-22-25(20,23-9-2)13(17)10-12-11-21-16(6,7)18(12)14(19)24-15(3,4)5/h10,12H,8-9,11H2,1-7H3/b13-10+/t12-/m1/s1. The highest BCUT2D eigenvalue weighted by molar-refractivity contribution is 7.58. The number of carbonyl (C=O) groups is 1. The van der Waals surface area contributed by atoms with E-state index in [0.29, 0.717) is 0 Å². The number of hydrogen-bond donors (Lipinski definition) is 0. The van der Waals surface area contributed by atoms with Crippen LogP contribution in [0.1, 0.15) is 48.5 Å². The maximum Gasteiger partial charge on any atom is 0.413 e. The smallest absolute Gasteiger partial charge is 0.413 e. The maximum absolute atomic E-state index is 14.6. The number of carbonyl (C=O) groups excluding carboxylic acids is 1. The average Bonchev–Trinajstić information content (AvgIpc) is 2.72. The first-order valence-electron chi connectivity index (χ1n) is 8.29. The zero-order valence-electron chi connectivity index (χ0n) is 16.0. The Balaban J connectivity index is 3.12. The van der Waals surface area contributed by atoms with Gasteiger partial charge in [0, 0.05) is 0 Å². The second-order valence-corrected chi connectivity index (χ2v) is 8.94. The zero-order chi connectivity index (χ0) is 19.5. The zero-order valence-corrected chi connectivity index (χ0v) is 16.9. The Morgan fingerprint density at radius 3 is 2.28 bits per heavy atom. The third kappa shape index (κ3) is 5.78. The van der Waals surface area contributed by atoms with Gasteiger partial charge in [-0.05, 0) is 54.5 Å². The van der Waals surface area contributed by atoms with Crippen molar-refractivity contribution in [2.75, 3.05) is 19.8 Å². The largest absolute Gasteiger partial charge is 0.444 e. The van der Waals surface area contributed by atoms with Crippen molar-refractivity contribution >= 4 is 13.7 Å². The van der Waals surface area contributed by atoms with Crippen LogP contribution in [0.2, 0.25) is 0 Å². The van der Waals surface area contributed by atoms with Gasteiger partial charge in [0.2, 0.25) is 5.57 Å². The van der Waals surface area contributed by atoms with E-state index in [0.717, 1.165) is 6.08 Å². The summed E-state index contributed by atoms with van der Waals surface area (Å²) in [5, 5.41) is 0. The van der Waals surface area contributed by atoms with Crippen LogP contribution in [0.25, 0.3) is 0 Å². The van der Waals surface area contributed by atoms with E-state index in [9.17, 15) is 13.8 Å². The lowest BCUT2D eigenvalue weighted by atomic mass is 10.2. The molecule has 0 N–H and O–H groups in total. The molecule has 0 saturated carbocycles. The minimum atomic E-state index is -4.04. The van der Waals surface area contributed by atoms with E-state index in [1.165, 1.54) is 4.90 Å². The van der Waals surface area contributed by atoms with Gasteiger partial charge in [-0.1, -0.05) is 0 Å². The quantitative estimate of drug-likeness (QED) is 0.634. The van der Waals surface area contributed by atoms with Crippen LogP contribution in [0.5, 0.6) is 0 Å². The van der Waals surface area contributed by atoms with Gasteiger partial charge in [-0.3, -0.25) is 9.46 Å². The number of amides is 1. The van der Waals surface area contributed by atoms with Gasteiger partial charge in [0.05, 0.1) is 25.9 Å². The van der Waals surface area contributed by atoms with Gasteiger partial charge < -0.3 is 18.5 Å². The first-order chi connectivity index (χ1) is 11.4. The van der Waals surface area contributed by atoms with Crippen LogP contribution in [-0.2, 0) is 23.1 Å². The summed E-state index contributed by atoms with van der Waals surface area (Å²) in [6, 6.07) is -0.793. The molecule has 1 heterocycles. The number of halogens is 1. The molecule has 1 rings (SSSR count). The van der Waals surface area contributed by atoms with Crippen molar-refractivity contribution in [3.05, 3.63) is 11.6 Å². The van der Waals surface area contributed by atoms with E-state index in [1.54, 1.807) is 48.5 Å². The Labute approximate surface area is 149 Å². The molecule has 1 amide bonds. The van der Waals surface area contributed by atoms with Crippen molar-refractivity contribution < 1.29 is 32.3 Å². The highest BCUT2D eigenvalue weighted by Gasteiger charge is 2.46. The molecule has 0 aliphatic carbocycles. The number of ether oxygens (including phenoxy) is 2. The van der Waals surface area contributed by atoms with Crippen molar-refractivity contribution in [1.29, 1.82) is 0 Å². The lowest BCUT2D eigenvalue weighted by Crippen LogP contribution is -2.49. The summed E-state index contributed by atoms with van der Waals surface area (Å²) in [5.74, 6) is 0. The van der Waals surface area contributed by atoms with Crippen LogP contribution in [0.4, 0.5) is 9.18 Å². The number of hydrogen-bond acceptors (Lipinski definition) is 6. The number of nitrogens with zero attached hydrogens (tertiary/aromatic N) is 1. The van der Waals surface area contributed by atoms with E-state index >= 15 is 0 Å². The van der Waals surface area contributed by atoms with Gasteiger partial charge in [-0.25, -0.2) is 4.79 Å². The molecule has 0 unspecified atom stereocenters. The SMILES string of the molecule is CCOP(=O)(OCC)/C(F)=C/[C@@H]1COC(C)(C)N1C(=O)OC(C)(C)C. The molecule has 7 nitrogen and oxygen atoms in total. The fourth-order valence-electron chi connectivity index (χ4n) is 2.37. The van der Waals surface area contributed by atoms with Gasteiger partial charge >= 0.3 is 13.7 Å². The monoisotopic (exact) mass is 381 g/mol. The summed E-state index contributed by atoms with van der Waals surface area (Å²) < 4.78 is 48.0. The Bertz CT molecular complexity index is 547. The first kappa shape index (κ1) is 22.1. The molecule has 0 spiro atoms. The van der Waals surface area contributed by atoms with Crippen LogP contribution < -0.4 is 0 Å². The summed E-state index contributed by atoms with van der Waals surface area (Å²) in [4.78, 5) is 13.8. The summed E-state index contributed by atoms with van der Waals surface area (Å²) in [6.07, 6.45) is 0.400. The third-order valence-corrected chi connectivity index (χ3v) is 5.17. The molecule has 1 aliphatic rings. The van der Waals surface area contributed by atoms with Crippen LogP contribution in [0.3, 0.4) is 0 Å². The van der Waals surface area contributed by atoms with Crippen LogP contribution in [0.15, 0.2) is 11.6 Å². The van der Waals surface area contributed by atoms with Gasteiger partial charge in [-0.2, -0.15) is 4.39 Å². The van der Waals surface area contributed by atoms with E-state index in [2.05, 4.69) is 0 Å².